The topological polar surface area (TPSA) is 0 Å². The van der Waals surface area contributed by atoms with Crippen molar-refractivity contribution < 1.29 is 0 Å². The van der Waals surface area contributed by atoms with Gasteiger partial charge in [0.2, 0.25) is 0 Å². The molecule has 1 aromatic carbocycles. The summed E-state index contributed by atoms with van der Waals surface area (Å²) in [5, 5.41) is 0. The van der Waals surface area contributed by atoms with Gasteiger partial charge in [0, 0.05) is 4.86 Å². The normalized spacial score (nSPS) is 9.00. The maximum Gasteiger partial charge on any atom is 0.0193 e. The Labute approximate surface area is 60.5 Å². The van der Waals surface area contributed by atoms with Crippen molar-refractivity contribution in [1.82, 2.24) is 0 Å². The maximum atomic E-state index is 4.95. The van der Waals surface area contributed by atoms with E-state index in [0.717, 1.165) is 10.4 Å². The third-order valence-corrected chi connectivity index (χ3v) is 1.36. The van der Waals surface area contributed by atoms with E-state index in [0.29, 0.717) is 0 Å². The van der Waals surface area contributed by atoms with Crippen LogP contribution in [0.15, 0.2) is 24.3 Å². The Bertz CT molecular complexity index is 201. The number of rotatable bonds is 1. The van der Waals surface area contributed by atoms with Crippen LogP contribution in [0.3, 0.4) is 0 Å². The van der Waals surface area contributed by atoms with Crippen molar-refractivity contribution in [2.24, 2.45) is 0 Å². The molecule has 0 aliphatic carbocycles. The molecule has 0 saturated carbocycles. The number of benzene rings is 1. The number of hydrogen-bond acceptors (Lipinski definition) is 1. The molecular weight excluding hydrogens is 128 g/mol. The Kier molecular flexibility index (Phi) is 1.96. The van der Waals surface area contributed by atoms with Gasteiger partial charge in [0.05, 0.1) is 0 Å². The van der Waals surface area contributed by atoms with Gasteiger partial charge in [0.1, 0.15) is 0 Å². The first-order chi connectivity index (χ1) is 4.30. The van der Waals surface area contributed by atoms with E-state index in [1.54, 1.807) is 0 Å². The van der Waals surface area contributed by atoms with Crippen molar-refractivity contribution in [3.8, 4) is 0 Å². The van der Waals surface area contributed by atoms with E-state index in [9.17, 15) is 0 Å². The zero-order valence-corrected chi connectivity index (χ0v) is 6.03. The molecule has 0 aromatic heterocycles. The molecule has 0 spiro atoms. The molecule has 0 heterocycles. The van der Waals surface area contributed by atoms with Gasteiger partial charge in [-0.3, -0.25) is 0 Å². The van der Waals surface area contributed by atoms with Crippen LogP contribution in [0.5, 0.6) is 0 Å². The number of hydrogen-bond donors (Lipinski definition) is 0. The summed E-state index contributed by atoms with van der Waals surface area (Å²) in [6, 6.07) is 10.6. The SMILES string of the molecule is CC(=S)c1cc[c]cc1. The highest BCUT2D eigenvalue weighted by Gasteiger charge is 1.88. The van der Waals surface area contributed by atoms with E-state index >= 15 is 0 Å². The Hall–Kier alpha value is -0.690. The van der Waals surface area contributed by atoms with Gasteiger partial charge in [-0.15, -0.1) is 0 Å². The molecule has 0 atom stereocenters. The third kappa shape index (κ3) is 1.61. The quantitative estimate of drug-likeness (QED) is 0.420. The predicted octanol–water partition coefficient (Wildman–Crippen LogP) is 2.22. The molecular formula is C8H7S. The van der Waals surface area contributed by atoms with Crippen LogP contribution in [0.1, 0.15) is 12.5 Å². The molecule has 0 fully saturated rings. The first-order valence-electron chi connectivity index (χ1n) is 2.78. The Morgan fingerprint density at radius 3 is 2.33 bits per heavy atom. The van der Waals surface area contributed by atoms with Crippen LogP contribution in [0.25, 0.3) is 0 Å². The van der Waals surface area contributed by atoms with E-state index in [4.69, 9.17) is 12.2 Å². The summed E-state index contributed by atoms with van der Waals surface area (Å²) in [7, 11) is 0. The summed E-state index contributed by atoms with van der Waals surface area (Å²) in [4.78, 5) is 0.934. The number of thiocarbonyl (C=S) groups is 1. The van der Waals surface area contributed by atoms with Gasteiger partial charge in [0.15, 0.2) is 0 Å². The average molecular weight is 135 g/mol. The summed E-state index contributed by atoms with van der Waals surface area (Å²) in [5.41, 5.74) is 1.11. The molecule has 0 nitrogen and oxygen atoms in total. The molecule has 0 bridgehead atoms. The highest BCUT2D eigenvalue weighted by Crippen LogP contribution is 1.98. The molecule has 0 unspecified atom stereocenters. The van der Waals surface area contributed by atoms with E-state index in [-0.39, 0.29) is 0 Å². The van der Waals surface area contributed by atoms with E-state index in [1.165, 1.54) is 0 Å². The van der Waals surface area contributed by atoms with Gasteiger partial charge in [-0.2, -0.15) is 0 Å². The van der Waals surface area contributed by atoms with Gasteiger partial charge in [-0.25, -0.2) is 0 Å². The molecule has 0 N–H and O–H groups in total. The van der Waals surface area contributed by atoms with Crippen LogP contribution in [-0.4, -0.2) is 4.86 Å². The minimum Gasteiger partial charge on any atom is -0.0846 e. The molecule has 1 heteroatoms. The van der Waals surface area contributed by atoms with Crippen LogP contribution in [0, 0.1) is 6.07 Å². The smallest absolute Gasteiger partial charge is 0.0193 e. The van der Waals surface area contributed by atoms with Crippen LogP contribution in [-0.2, 0) is 0 Å². The Morgan fingerprint density at radius 2 is 2.00 bits per heavy atom. The highest BCUT2D eigenvalue weighted by atomic mass is 32.1. The lowest BCUT2D eigenvalue weighted by Crippen LogP contribution is -1.86. The minimum atomic E-state index is 0.934. The van der Waals surface area contributed by atoms with E-state index in [2.05, 4.69) is 6.07 Å². The standard InChI is InChI=1S/C8H7S/c1-7(9)8-5-3-2-4-6-8/h3-6H,1H3. The van der Waals surface area contributed by atoms with Crippen molar-refractivity contribution in [2.75, 3.05) is 0 Å². The summed E-state index contributed by atoms with van der Waals surface area (Å²) in [5.74, 6) is 0. The zero-order chi connectivity index (χ0) is 6.69. The van der Waals surface area contributed by atoms with E-state index < -0.39 is 0 Å². The molecule has 1 rings (SSSR count). The second-order valence-corrected chi connectivity index (χ2v) is 2.46. The maximum absolute atomic E-state index is 4.95. The molecule has 1 radical (unpaired) electrons. The molecule has 0 aliphatic heterocycles. The summed E-state index contributed by atoms with van der Waals surface area (Å²) < 4.78 is 0. The highest BCUT2D eigenvalue weighted by molar-refractivity contribution is 7.80. The summed E-state index contributed by atoms with van der Waals surface area (Å²) >= 11 is 4.95. The van der Waals surface area contributed by atoms with E-state index in [1.807, 2.05) is 31.2 Å². The molecule has 0 saturated heterocycles. The summed E-state index contributed by atoms with van der Waals surface area (Å²) in [6.45, 7) is 1.92. The third-order valence-electron chi connectivity index (χ3n) is 1.12. The van der Waals surface area contributed by atoms with Crippen LogP contribution >= 0.6 is 12.2 Å². The van der Waals surface area contributed by atoms with Crippen molar-refractivity contribution in [2.45, 2.75) is 6.92 Å². The Morgan fingerprint density at radius 1 is 1.44 bits per heavy atom. The monoisotopic (exact) mass is 135 g/mol. The van der Waals surface area contributed by atoms with Gasteiger partial charge < -0.3 is 0 Å². The van der Waals surface area contributed by atoms with Crippen LogP contribution < -0.4 is 0 Å². The van der Waals surface area contributed by atoms with Crippen molar-refractivity contribution in [3.63, 3.8) is 0 Å². The second kappa shape index (κ2) is 2.74. The second-order valence-electron chi connectivity index (χ2n) is 1.84. The molecule has 9 heavy (non-hydrogen) atoms. The van der Waals surface area contributed by atoms with Gasteiger partial charge in [0.25, 0.3) is 0 Å². The lowest BCUT2D eigenvalue weighted by atomic mass is 10.2. The Balaban J connectivity index is 2.98. The summed E-state index contributed by atoms with van der Waals surface area (Å²) in [6.07, 6.45) is 0. The lowest BCUT2D eigenvalue weighted by Gasteiger charge is -1.92. The molecule has 45 valence electrons. The van der Waals surface area contributed by atoms with Crippen LogP contribution in [0.2, 0.25) is 0 Å². The fraction of sp³-hybridized carbons (Fsp3) is 0.125. The molecule has 1 aromatic rings. The van der Waals surface area contributed by atoms with Gasteiger partial charge in [-0.05, 0) is 18.6 Å². The lowest BCUT2D eigenvalue weighted by molar-refractivity contribution is 1.64. The van der Waals surface area contributed by atoms with Gasteiger partial charge >= 0.3 is 0 Å². The zero-order valence-electron chi connectivity index (χ0n) is 5.22. The first kappa shape index (κ1) is 6.43. The fourth-order valence-electron chi connectivity index (χ4n) is 0.622. The van der Waals surface area contributed by atoms with Crippen LogP contribution in [0.4, 0.5) is 0 Å². The fourth-order valence-corrected chi connectivity index (χ4v) is 0.758. The average Bonchev–Trinajstić information content (AvgIpc) is 1.90. The molecule has 0 amide bonds. The molecule has 0 aliphatic rings. The first-order valence-corrected chi connectivity index (χ1v) is 3.18. The largest absolute Gasteiger partial charge is 0.0846 e. The minimum absolute atomic E-state index is 0.934. The predicted molar refractivity (Wildman–Crippen MR) is 42.7 cm³/mol. The van der Waals surface area contributed by atoms with Crippen molar-refractivity contribution in [1.29, 1.82) is 0 Å². The van der Waals surface area contributed by atoms with Crippen molar-refractivity contribution >= 4 is 17.1 Å². The van der Waals surface area contributed by atoms with Gasteiger partial charge in [-0.1, -0.05) is 36.5 Å². The van der Waals surface area contributed by atoms with Crippen molar-refractivity contribution in [3.05, 3.63) is 35.9 Å².